The molecule has 1 amide bonds. The summed E-state index contributed by atoms with van der Waals surface area (Å²) in [6.07, 6.45) is 0. The highest BCUT2D eigenvalue weighted by molar-refractivity contribution is 7.92. The third-order valence-electron chi connectivity index (χ3n) is 4.18. The minimum Gasteiger partial charge on any atom is -0.495 e. The maximum Gasteiger partial charge on any atom is 0.263 e. The smallest absolute Gasteiger partial charge is 0.263 e. The summed E-state index contributed by atoms with van der Waals surface area (Å²) < 4.78 is 46.1. The van der Waals surface area contributed by atoms with Gasteiger partial charge in [-0.1, -0.05) is 17.7 Å². The van der Waals surface area contributed by atoms with Gasteiger partial charge in [0.1, 0.15) is 16.5 Å². The van der Waals surface area contributed by atoms with E-state index in [1.54, 1.807) is 12.1 Å². The number of ether oxygens (including phenoxy) is 1. The van der Waals surface area contributed by atoms with Crippen LogP contribution in [0.2, 0.25) is 5.02 Å². The molecule has 3 rings (SSSR count). The van der Waals surface area contributed by atoms with E-state index in [-0.39, 0.29) is 21.2 Å². The molecular formula is C21H18ClFN2O4S. The maximum atomic E-state index is 13.1. The van der Waals surface area contributed by atoms with Crippen LogP contribution in [-0.4, -0.2) is 21.4 Å². The molecule has 30 heavy (non-hydrogen) atoms. The Kier molecular flexibility index (Phi) is 6.28. The summed E-state index contributed by atoms with van der Waals surface area (Å²) in [4.78, 5) is 12.4. The number of nitrogens with one attached hydrogen (secondary N) is 2. The minimum absolute atomic E-state index is 0.0608. The van der Waals surface area contributed by atoms with Crippen LogP contribution in [0.1, 0.15) is 15.9 Å². The molecule has 0 saturated heterocycles. The number of halogens is 2. The first kappa shape index (κ1) is 21.6. The highest BCUT2D eigenvalue weighted by atomic mass is 35.5. The SMILES string of the molecule is COc1ccc(C)cc1NC(=O)c1ccc(Cl)c(S(=O)(=O)Nc2ccc(F)cc2)c1. The summed E-state index contributed by atoms with van der Waals surface area (Å²) in [5.74, 6) is -0.566. The molecule has 3 aromatic carbocycles. The van der Waals surface area contributed by atoms with Crippen molar-refractivity contribution < 1.29 is 22.3 Å². The summed E-state index contributed by atoms with van der Waals surface area (Å²) in [5, 5.41) is 2.65. The number of carbonyl (C=O) groups excluding carboxylic acids is 1. The maximum absolute atomic E-state index is 13.1. The predicted molar refractivity (Wildman–Crippen MR) is 114 cm³/mol. The molecule has 0 aliphatic carbocycles. The van der Waals surface area contributed by atoms with Crippen molar-refractivity contribution in [3.05, 3.63) is 82.6 Å². The molecule has 0 bridgehead atoms. The number of aryl methyl sites for hydroxylation is 1. The van der Waals surface area contributed by atoms with Gasteiger partial charge < -0.3 is 10.1 Å². The molecule has 0 atom stereocenters. The van der Waals surface area contributed by atoms with Crippen LogP contribution in [0.5, 0.6) is 5.75 Å². The van der Waals surface area contributed by atoms with E-state index < -0.39 is 21.7 Å². The number of sulfonamides is 1. The van der Waals surface area contributed by atoms with E-state index in [1.807, 2.05) is 13.0 Å². The van der Waals surface area contributed by atoms with E-state index in [4.69, 9.17) is 16.3 Å². The summed E-state index contributed by atoms with van der Waals surface area (Å²) in [6.45, 7) is 1.86. The van der Waals surface area contributed by atoms with Gasteiger partial charge in [-0.3, -0.25) is 9.52 Å². The van der Waals surface area contributed by atoms with Gasteiger partial charge in [0, 0.05) is 11.3 Å². The monoisotopic (exact) mass is 448 g/mol. The fraction of sp³-hybridized carbons (Fsp3) is 0.0952. The standard InChI is InChI=1S/C21H18ClFN2O4S/c1-13-3-10-19(29-2)18(11-13)24-21(26)14-4-9-17(22)20(12-14)30(27,28)25-16-7-5-15(23)6-8-16/h3-12,25H,1-2H3,(H,24,26). The second-order valence-electron chi connectivity index (χ2n) is 6.42. The third kappa shape index (κ3) is 4.90. The normalized spacial score (nSPS) is 11.1. The summed E-state index contributed by atoms with van der Waals surface area (Å²) in [5.41, 5.74) is 1.61. The molecule has 0 aliphatic rings. The number of anilines is 2. The van der Waals surface area contributed by atoms with E-state index in [0.29, 0.717) is 11.4 Å². The van der Waals surface area contributed by atoms with Gasteiger partial charge in [-0.15, -0.1) is 0 Å². The van der Waals surface area contributed by atoms with Crippen molar-refractivity contribution in [1.82, 2.24) is 0 Å². The molecule has 9 heteroatoms. The quantitative estimate of drug-likeness (QED) is 0.564. The van der Waals surface area contributed by atoms with Crippen LogP contribution >= 0.6 is 11.6 Å². The fourth-order valence-corrected chi connectivity index (χ4v) is 4.28. The zero-order valence-corrected chi connectivity index (χ0v) is 17.6. The van der Waals surface area contributed by atoms with Crippen LogP contribution in [0.15, 0.2) is 65.6 Å². The van der Waals surface area contributed by atoms with Crippen molar-refractivity contribution in [3.63, 3.8) is 0 Å². The molecule has 0 unspecified atom stereocenters. The number of carbonyl (C=O) groups is 1. The van der Waals surface area contributed by atoms with Gasteiger partial charge in [-0.25, -0.2) is 12.8 Å². The summed E-state index contributed by atoms with van der Waals surface area (Å²) >= 11 is 6.07. The molecule has 0 radical (unpaired) electrons. The Morgan fingerprint density at radius 2 is 1.73 bits per heavy atom. The Hall–Kier alpha value is -3.10. The highest BCUT2D eigenvalue weighted by Gasteiger charge is 2.21. The lowest BCUT2D eigenvalue weighted by atomic mass is 10.1. The summed E-state index contributed by atoms with van der Waals surface area (Å²) in [7, 11) is -2.63. The molecule has 0 spiro atoms. The van der Waals surface area contributed by atoms with Crippen LogP contribution in [0, 0.1) is 12.7 Å². The lowest BCUT2D eigenvalue weighted by molar-refractivity contribution is 0.102. The van der Waals surface area contributed by atoms with E-state index in [1.165, 1.54) is 37.4 Å². The van der Waals surface area contributed by atoms with Gasteiger partial charge in [0.15, 0.2) is 0 Å². The van der Waals surface area contributed by atoms with Crippen molar-refractivity contribution in [2.24, 2.45) is 0 Å². The van der Waals surface area contributed by atoms with Gasteiger partial charge in [0.2, 0.25) is 0 Å². The van der Waals surface area contributed by atoms with E-state index in [9.17, 15) is 17.6 Å². The van der Waals surface area contributed by atoms with Crippen LogP contribution < -0.4 is 14.8 Å². The molecule has 0 heterocycles. The average molecular weight is 449 g/mol. The van der Waals surface area contributed by atoms with Gasteiger partial charge in [-0.05, 0) is 67.1 Å². The van der Waals surface area contributed by atoms with Crippen LogP contribution in [-0.2, 0) is 10.0 Å². The van der Waals surface area contributed by atoms with Gasteiger partial charge in [0.05, 0.1) is 17.8 Å². The molecule has 0 aromatic heterocycles. The number of amides is 1. The summed E-state index contributed by atoms with van der Waals surface area (Å²) in [6, 6.07) is 14.0. The Balaban J connectivity index is 1.90. The van der Waals surface area contributed by atoms with Crippen molar-refractivity contribution in [3.8, 4) is 5.75 Å². The molecule has 0 fully saturated rings. The molecule has 6 nitrogen and oxygen atoms in total. The third-order valence-corrected chi connectivity index (χ3v) is 6.05. The largest absolute Gasteiger partial charge is 0.495 e. The highest BCUT2D eigenvalue weighted by Crippen LogP contribution is 2.28. The number of hydrogen-bond donors (Lipinski definition) is 2. The van der Waals surface area contributed by atoms with Crippen molar-refractivity contribution in [1.29, 1.82) is 0 Å². The van der Waals surface area contributed by atoms with E-state index in [2.05, 4.69) is 10.0 Å². The first-order valence-electron chi connectivity index (χ1n) is 8.73. The number of methoxy groups -OCH3 is 1. The van der Waals surface area contributed by atoms with Gasteiger partial charge in [0.25, 0.3) is 15.9 Å². The Morgan fingerprint density at radius 1 is 1.03 bits per heavy atom. The second kappa shape index (κ2) is 8.73. The predicted octanol–water partition coefficient (Wildman–Crippen LogP) is 4.85. The molecule has 0 aliphatic heterocycles. The van der Waals surface area contributed by atoms with Crippen LogP contribution in [0.25, 0.3) is 0 Å². The molecule has 2 N–H and O–H groups in total. The lowest BCUT2D eigenvalue weighted by Crippen LogP contribution is -2.17. The van der Waals surface area contributed by atoms with Gasteiger partial charge >= 0.3 is 0 Å². The Bertz CT molecular complexity index is 1200. The Morgan fingerprint density at radius 3 is 2.40 bits per heavy atom. The molecule has 0 saturated carbocycles. The van der Waals surface area contributed by atoms with E-state index in [0.717, 1.165) is 17.7 Å². The van der Waals surface area contributed by atoms with E-state index >= 15 is 0 Å². The van der Waals surface area contributed by atoms with Crippen LogP contribution in [0.3, 0.4) is 0 Å². The topological polar surface area (TPSA) is 84.5 Å². The first-order chi connectivity index (χ1) is 14.2. The van der Waals surface area contributed by atoms with Crippen LogP contribution in [0.4, 0.5) is 15.8 Å². The first-order valence-corrected chi connectivity index (χ1v) is 10.6. The fourth-order valence-electron chi connectivity index (χ4n) is 2.69. The zero-order chi connectivity index (χ0) is 21.9. The van der Waals surface area contributed by atoms with Crippen molar-refractivity contribution in [2.75, 3.05) is 17.1 Å². The molecular weight excluding hydrogens is 431 g/mol. The minimum atomic E-state index is -4.11. The molecule has 3 aromatic rings. The lowest BCUT2D eigenvalue weighted by Gasteiger charge is -2.13. The van der Waals surface area contributed by atoms with Crippen molar-refractivity contribution in [2.45, 2.75) is 11.8 Å². The number of hydrogen-bond acceptors (Lipinski definition) is 4. The second-order valence-corrected chi connectivity index (χ2v) is 8.47. The molecule has 156 valence electrons. The number of rotatable bonds is 6. The Labute approximate surface area is 178 Å². The van der Waals surface area contributed by atoms with Crippen molar-refractivity contribution >= 4 is 38.9 Å². The van der Waals surface area contributed by atoms with Gasteiger partial charge in [-0.2, -0.15) is 0 Å². The average Bonchev–Trinajstić information content (AvgIpc) is 2.70. The zero-order valence-electron chi connectivity index (χ0n) is 16.1. The number of benzene rings is 3.